The third-order valence-corrected chi connectivity index (χ3v) is 4.81. The Labute approximate surface area is 187 Å². The number of nitrogens with one attached hydrogen (secondary N) is 2. The van der Waals surface area contributed by atoms with Gasteiger partial charge in [0.1, 0.15) is 6.04 Å². The van der Waals surface area contributed by atoms with E-state index < -0.39 is 6.04 Å². The summed E-state index contributed by atoms with van der Waals surface area (Å²) in [5, 5.41) is 12.2. The first-order chi connectivity index (χ1) is 13.0. The molecule has 1 amide bonds. The van der Waals surface area contributed by atoms with Crippen LogP contribution >= 0.6 is 36.2 Å². The van der Waals surface area contributed by atoms with Crippen LogP contribution in [0.1, 0.15) is 22.9 Å². The van der Waals surface area contributed by atoms with Crippen LogP contribution < -0.4 is 10.6 Å². The summed E-state index contributed by atoms with van der Waals surface area (Å²) in [5.74, 6) is -0.113. The van der Waals surface area contributed by atoms with E-state index in [4.69, 9.17) is 0 Å². The molecule has 2 N–H and O–H groups in total. The summed E-state index contributed by atoms with van der Waals surface area (Å²) in [6.45, 7) is 1.57. The molecule has 0 radical (unpaired) electrons. The number of halogens is 2. The molecule has 29 heavy (non-hydrogen) atoms. The van der Waals surface area contributed by atoms with Crippen molar-refractivity contribution in [3.63, 3.8) is 0 Å². The molecule has 0 aliphatic heterocycles. The zero-order chi connectivity index (χ0) is 19.2. The van der Waals surface area contributed by atoms with Crippen LogP contribution in [-0.4, -0.2) is 39.7 Å². The van der Waals surface area contributed by atoms with Crippen LogP contribution in [0.3, 0.4) is 0 Å². The van der Waals surface area contributed by atoms with E-state index in [1.165, 1.54) is 0 Å². The highest BCUT2D eigenvalue weighted by Gasteiger charge is 2.20. The van der Waals surface area contributed by atoms with Crippen LogP contribution in [0.5, 0.6) is 0 Å². The second-order valence-corrected chi connectivity index (χ2v) is 7.23. The zero-order valence-corrected chi connectivity index (χ0v) is 19.0. The monoisotopic (exact) mass is 456 g/mol. The normalized spacial score (nSPS) is 11.4. The predicted octanol–water partition coefficient (Wildman–Crippen LogP) is 3.25. The van der Waals surface area contributed by atoms with Crippen LogP contribution in [0, 0.1) is 0 Å². The minimum Gasteiger partial charge on any atom is -0.324 e. The molecule has 1 aromatic carbocycles. The van der Waals surface area contributed by atoms with Gasteiger partial charge >= 0.3 is 0 Å². The Morgan fingerprint density at radius 2 is 2.10 bits per heavy atom. The molecule has 0 aliphatic carbocycles. The van der Waals surface area contributed by atoms with Crippen LogP contribution in [0.25, 0.3) is 0 Å². The zero-order valence-electron chi connectivity index (χ0n) is 16.5. The second-order valence-electron chi connectivity index (χ2n) is 6.51. The lowest BCUT2D eigenvalue weighted by Gasteiger charge is -2.17. The van der Waals surface area contributed by atoms with Gasteiger partial charge in [0.05, 0.1) is 17.4 Å². The number of carbonyl (C=O) groups excluding carboxylic acids is 1. The van der Waals surface area contributed by atoms with Crippen LogP contribution in [0.4, 0.5) is 5.69 Å². The smallest absolute Gasteiger partial charge is 0.246 e. The molecule has 2 heterocycles. The fraction of sp³-hybridized carbons (Fsp3) is 0.316. The van der Waals surface area contributed by atoms with Crippen LogP contribution in [0.15, 0.2) is 47.5 Å². The standard InChI is InChI=1S/C19H24N6OS.2ClH/c1-20-18(15-8-22-25(3)10-15)19(26)23-16-6-4-5-14(7-16)9-24(2)11-17-12-27-13-21-17;;/h4-8,10,12-13,18,20H,9,11H2,1-3H3,(H,23,26);2*1H. The van der Waals surface area contributed by atoms with Gasteiger partial charge in [0.2, 0.25) is 5.91 Å². The van der Waals surface area contributed by atoms with Crippen LogP contribution in [0.2, 0.25) is 0 Å². The Bertz CT molecular complexity index is 886. The lowest BCUT2D eigenvalue weighted by atomic mass is 10.1. The molecular formula is C19H26Cl2N6OS. The summed E-state index contributed by atoms with van der Waals surface area (Å²) in [6, 6.07) is 7.47. The fourth-order valence-electron chi connectivity index (χ4n) is 2.96. The van der Waals surface area contributed by atoms with Gasteiger partial charge in [-0.2, -0.15) is 5.10 Å². The van der Waals surface area contributed by atoms with E-state index in [-0.39, 0.29) is 30.7 Å². The van der Waals surface area contributed by atoms with Crippen molar-refractivity contribution in [1.82, 2.24) is 25.0 Å². The van der Waals surface area contributed by atoms with Crippen molar-refractivity contribution in [1.29, 1.82) is 0 Å². The first-order valence-corrected chi connectivity index (χ1v) is 9.60. The molecule has 1 atom stereocenters. The quantitative estimate of drug-likeness (QED) is 0.543. The highest BCUT2D eigenvalue weighted by molar-refractivity contribution is 7.07. The van der Waals surface area contributed by atoms with E-state index in [2.05, 4.69) is 44.1 Å². The summed E-state index contributed by atoms with van der Waals surface area (Å²) in [4.78, 5) is 19.2. The molecule has 0 saturated carbocycles. The average Bonchev–Trinajstić information content (AvgIpc) is 3.28. The molecular weight excluding hydrogens is 431 g/mol. The lowest BCUT2D eigenvalue weighted by molar-refractivity contribution is -0.118. The molecule has 3 rings (SSSR count). The summed E-state index contributed by atoms with van der Waals surface area (Å²) >= 11 is 1.60. The lowest BCUT2D eigenvalue weighted by Crippen LogP contribution is -2.30. The maximum atomic E-state index is 12.7. The van der Waals surface area contributed by atoms with Gasteiger partial charge in [-0.15, -0.1) is 36.2 Å². The molecule has 0 saturated heterocycles. The molecule has 10 heteroatoms. The van der Waals surface area contributed by atoms with Gasteiger partial charge in [0, 0.05) is 43.0 Å². The van der Waals surface area contributed by atoms with Gasteiger partial charge in [0.25, 0.3) is 0 Å². The highest BCUT2D eigenvalue weighted by atomic mass is 35.5. The molecule has 3 aromatic rings. The molecule has 0 bridgehead atoms. The number of hydrogen-bond donors (Lipinski definition) is 2. The minimum atomic E-state index is -0.449. The number of aromatic nitrogens is 3. The third kappa shape index (κ3) is 7.09. The van der Waals surface area contributed by atoms with E-state index >= 15 is 0 Å². The van der Waals surface area contributed by atoms with E-state index in [0.717, 1.165) is 35.6 Å². The number of aryl methyl sites for hydroxylation is 1. The van der Waals surface area contributed by atoms with Gasteiger partial charge in [-0.05, 0) is 31.8 Å². The van der Waals surface area contributed by atoms with Gasteiger partial charge in [0.15, 0.2) is 0 Å². The SMILES string of the molecule is CNC(C(=O)Nc1cccc(CN(C)Cc2cscn2)c1)c1cnn(C)c1.Cl.Cl. The number of amides is 1. The molecule has 1 unspecified atom stereocenters. The molecule has 158 valence electrons. The molecule has 2 aromatic heterocycles. The minimum absolute atomic E-state index is 0. The maximum absolute atomic E-state index is 12.7. The van der Waals surface area contributed by atoms with Gasteiger partial charge in [-0.1, -0.05) is 12.1 Å². The Hall–Kier alpha value is -1.97. The number of benzene rings is 1. The van der Waals surface area contributed by atoms with Crippen molar-refractivity contribution in [2.24, 2.45) is 7.05 Å². The van der Waals surface area contributed by atoms with Crippen molar-refractivity contribution in [3.05, 3.63) is 64.4 Å². The van der Waals surface area contributed by atoms with Gasteiger partial charge in [-0.3, -0.25) is 14.4 Å². The molecule has 0 spiro atoms. The Kier molecular flexibility index (Phi) is 10.3. The van der Waals surface area contributed by atoms with Crippen molar-refractivity contribution in [2.75, 3.05) is 19.4 Å². The summed E-state index contributed by atoms with van der Waals surface area (Å²) in [5.41, 5.74) is 5.66. The first-order valence-electron chi connectivity index (χ1n) is 8.66. The van der Waals surface area contributed by atoms with Crippen molar-refractivity contribution in [3.8, 4) is 0 Å². The van der Waals surface area contributed by atoms with Crippen LogP contribution in [-0.2, 0) is 24.9 Å². The van der Waals surface area contributed by atoms with Crippen molar-refractivity contribution in [2.45, 2.75) is 19.1 Å². The number of rotatable bonds is 8. The molecule has 7 nitrogen and oxygen atoms in total. The van der Waals surface area contributed by atoms with E-state index in [0.29, 0.717) is 0 Å². The Morgan fingerprint density at radius 1 is 1.31 bits per heavy atom. The second kappa shape index (κ2) is 11.9. The Morgan fingerprint density at radius 3 is 2.72 bits per heavy atom. The van der Waals surface area contributed by atoms with Gasteiger partial charge < -0.3 is 10.6 Å². The van der Waals surface area contributed by atoms with E-state index in [1.807, 2.05) is 37.0 Å². The number of likely N-dealkylation sites (N-methyl/N-ethyl adjacent to an activating group) is 1. The fourth-order valence-corrected chi connectivity index (χ4v) is 3.51. The topological polar surface area (TPSA) is 75.1 Å². The van der Waals surface area contributed by atoms with Crippen molar-refractivity contribution >= 4 is 47.7 Å². The third-order valence-electron chi connectivity index (χ3n) is 4.17. The summed E-state index contributed by atoms with van der Waals surface area (Å²) in [7, 11) is 5.66. The molecule has 0 aliphatic rings. The number of nitrogens with zero attached hydrogens (tertiary/aromatic N) is 4. The predicted molar refractivity (Wildman–Crippen MR) is 122 cm³/mol. The number of hydrogen-bond acceptors (Lipinski definition) is 6. The average molecular weight is 457 g/mol. The first kappa shape index (κ1) is 25.1. The summed E-state index contributed by atoms with van der Waals surface area (Å²) < 4.78 is 1.69. The maximum Gasteiger partial charge on any atom is 0.246 e. The summed E-state index contributed by atoms with van der Waals surface area (Å²) in [6.07, 6.45) is 3.54. The number of anilines is 1. The van der Waals surface area contributed by atoms with Crippen molar-refractivity contribution < 1.29 is 4.79 Å². The van der Waals surface area contributed by atoms with Gasteiger partial charge in [-0.25, -0.2) is 4.98 Å². The highest BCUT2D eigenvalue weighted by Crippen LogP contribution is 2.17. The molecule has 0 fully saturated rings. The number of thiazole rings is 1. The van der Waals surface area contributed by atoms with E-state index in [9.17, 15) is 4.79 Å². The Balaban J connectivity index is 0.00000210. The number of carbonyl (C=O) groups is 1. The largest absolute Gasteiger partial charge is 0.324 e. The van der Waals surface area contributed by atoms with E-state index in [1.54, 1.807) is 29.3 Å².